The van der Waals surface area contributed by atoms with Crippen molar-refractivity contribution in [2.24, 2.45) is 0 Å². The second-order valence-corrected chi connectivity index (χ2v) is 4.57. The summed E-state index contributed by atoms with van der Waals surface area (Å²) in [4.78, 5) is 23.9. The molecule has 0 unspecified atom stereocenters. The summed E-state index contributed by atoms with van der Waals surface area (Å²) in [7, 11) is 1.43. The molecule has 0 saturated carbocycles. The Bertz CT molecular complexity index is 481. The van der Waals surface area contributed by atoms with E-state index in [1.54, 1.807) is 0 Å². The number of methoxy groups -OCH3 is 1. The molecule has 0 saturated heterocycles. The van der Waals surface area contributed by atoms with Gasteiger partial charge in [-0.25, -0.2) is 4.39 Å². The Labute approximate surface area is 118 Å². The molecule has 1 rings (SSSR count). The smallest absolute Gasteiger partial charge is 0.323 e. The van der Waals surface area contributed by atoms with Crippen LogP contribution in [0.15, 0.2) is 22.7 Å². The maximum Gasteiger partial charge on any atom is 0.323 e. The van der Waals surface area contributed by atoms with Crippen molar-refractivity contribution < 1.29 is 23.8 Å². The lowest BCUT2D eigenvalue weighted by Crippen LogP contribution is -2.38. The first-order chi connectivity index (χ1) is 8.97. The van der Waals surface area contributed by atoms with Crippen molar-refractivity contribution in [3.63, 3.8) is 0 Å². The Morgan fingerprint density at radius 2 is 2.16 bits per heavy atom. The Balaban J connectivity index is 2.97. The van der Waals surface area contributed by atoms with Crippen molar-refractivity contribution in [2.75, 3.05) is 26.8 Å². The second kappa shape index (κ2) is 7.20. The van der Waals surface area contributed by atoms with Crippen LogP contribution in [-0.4, -0.2) is 48.7 Å². The van der Waals surface area contributed by atoms with Crippen LogP contribution >= 0.6 is 15.9 Å². The van der Waals surface area contributed by atoms with Gasteiger partial charge in [-0.15, -0.1) is 0 Å². The molecule has 1 amide bonds. The molecule has 1 aromatic rings. The first kappa shape index (κ1) is 15.6. The minimum Gasteiger partial charge on any atom is -0.480 e. The topological polar surface area (TPSA) is 66.8 Å². The summed E-state index contributed by atoms with van der Waals surface area (Å²) >= 11 is 2.98. The minimum atomic E-state index is -1.17. The van der Waals surface area contributed by atoms with Crippen molar-refractivity contribution in [1.82, 2.24) is 4.90 Å². The van der Waals surface area contributed by atoms with Gasteiger partial charge in [0.1, 0.15) is 12.4 Å². The fourth-order valence-corrected chi connectivity index (χ4v) is 1.82. The van der Waals surface area contributed by atoms with E-state index in [0.29, 0.717) is 0 Å². The lowest BCUT2D eigenvalue weighted by molar-refractivity contribution is -0.137. The maximum atomic E-state index is 13.8. The first-order valence-corrected chi connectivity index (χ1v) is 6.20. The van der Waals surface area contributed by atoms with Crippen molar-refractivity contribution in [3.05, 3.63) is 34.1 Å². The number of nitrogens with zero attached hydrogens (tertiary/aromatic N) is 1. The summed E-state index contributed by atoms with van der Waals surface area (Å²) in [6.07, 6.45) is 0. The molecule has 0 aliphatic heterocycles. The number of ether oxygens (including phenoxy) is 1. The standard InChI is InChI=1S/C12H13BrFNO4/c1-19-6-5-15(7-10(16)17)12(18)8-3-2-4-9(13)11(8)14/h2-4H,5-7H2,1H3,(H,16,17). The molecule has 0 aliphatic carbocycles. The summed E-state index contributed by atoms with van der Waals surface area (Å²) in [5, 5.41) is 8.77. The molecule has 7 heteroatoms. The zero-order valence-electron chi connectivity index (χ0n) is 10.2. The Hall–Kier alpha value is -1.47. The van der Waals surface area contributed by atoms with Crippen molar-refractivity contribution >= 4 is 27.8 Å². The number of hydrogen-bond acceptors (Lipinski definition) is 3. The zero-order chi connectivity index (χ0) is 14.4. The van der Waals surface area contributed by atoms with Gasteiger partial charge < -0.3 is 14.7 Å². The van der Waals surface area contributed by atoms with Crippen LogP contribution in [0.3, 0.4) is 0 Å². The fourth-order valence-electron chi connectivity index (χ4n) is 1.46. The predicted octanol–water partition coefficient (Wildman–Crippen LogP) is 1.76. The van der Waals surface area contributed by atoms with E-state index in [2.05, 4.69) is 15.9 Å². The molecule has 104 valence electrons. The van der Waals surface area contributed by atoms with Gasteiger partial charge in [-0.2, -0.15) is 0 Å². The molecule has 0 spiro atoms. The number of amides is 1. The third kappa shape index (κ3) is 4.29. The lowest BCUT2D eigenvalue weighted by atomic mass is 10.2. The molecular weight excluding hydrogens is 321 g/mol. The van der Waals surface area contributed by atoms with Crippen molar-refractivity contribution in [1.29, 1.82) is 0 Å². The Kier molecular flexibility index (Phi) is 5.91. The van der Waals surface area contributed by atoms with E-state index in [4.69, 9.17) is 9.84 Å². The SMILES string of the molecule is COCCN(CC(=O)O)C(=O)c1cccc(Br)c1F. The number of rotatable bonds is 6. The van der Waals surface area contributed by atoms with E-state index in [1.165, 1.54) is 25.3 Å². The summed E-state index contributed by atoms with van der Waals surface area (Å²) in [6, 6.07) is 4.28. The highest BCUT2D eigenvalue weighted by atomic mass is 79.9. The van der Waals surface area contributed by atoms with Crippen molar-refractivity contribution in [2.45, 2.75) is 0 Å². The van der Waals surface area contributed by atoms with Crippen LogP contribution in [-0.2, 0) is 9.53 Å². The highest BCUT2D eigenvalue weighted by Crippen LogP contribution is 2.19. The van der Waals surface area contributed by atoms with E-state index >= 15 is 0 Å². The molecule has 0 atom stereocenters. The van der Waals surface area contributed by atoms with Crippen molar-refractivity contribution in [3.8, 4) is 0 Å². The molecule has 19 heavy (non-hydrogen) atoms. The molecule has 1 N–H and O–H groups in total. The quantitative estimate of drug-likeness (QED) is 0.861. The minimum absolute atomic E-state index is 0.0770. The maximum absolute atomic E-state index is 13.8. The third-order valence-corrected chi connectivity index (χ3v) is 2.97. The predicted molar refractivity (Wildman–Crippen MR) is 69.5 cm³/mol. The largest absolute Gasteiger partial charge is 0.480 e. The molecule has 0 radical (unpaired) electrons. The molecule has 0 aromatic heterocycles. The van der Waals surface area contributed by atoms with Gasteiger partial charge in [0.25, 0.3) is 5.91 Å². The van der Waals surface area contributed by atoms with Crippen LogP contribution < -0.4 is 0 Å². The number of aliphatic carboxylic acids is 1. The van der Waals surface area contributed by atoms with Crippen LogP contribution in [0.4, 0.5) is 4.39 Å². The number of carbonyl (C=O) groups is 2. The third-order valence-electron chi connectivity index (χ3n) is 2.36. The number of benzene rings is 1. The van der Waals surface area contributed by atoms with E-state index in [-0.39, 0.29) is 23.2 Å². The molecule has 5 nitrogen and oxygen atoms in total. The van der Waals surface area contributed by atoms with Crippen LogP contribution in [0, 0.1) is 5.82 Å². The lowest BCUT2D eigenvalue weighted by Gasteiger charge is -2.20. The zero-order valence-corrected chi connectivity index (χ0v) is 11.8. The van der Waals surface area contributed by atoms with Crippen LogP contribution in [0.25, 0.3) is 0 Å². The summed E-state index contributed by atoms with van der Waals surface area (Å²) < 4.78 is 18.8. The number of carbonyl (C=O) groups excluding carboxylic acids is 1. The molecule has 0 heterocycles. The van der Waals surface area contributed by atoms with Crippen LogP contribution in [0.1, 0.15) is 10.4 Å². The number of halogens is 2. The van der Waals surface area contributed by atoms with Gasteiger partial charge in [-0.05, 0) is 28.1 Å². The van der Waals surface area contributed by atoms with Gasteiger partial charge in [0.15, 0.2) is 0 Å². The normalized spacial score (nSPS) is 10.3. The average Bonchev–Trinajstić information content (AvgIpc) is 2.36. The molecule has 0 bridgehead atoms. The average molecular weight is 334 g/mol. The van der Waals surface area contributed by atoms with Crippen LogP contribution in [0.5, 0.6) is 0 Å². The first-order valence-electron chi connectivity index (χ1n) is 5.41. The Morgan fingerprint density at radius 3 is 2.74 bits per heavy atom. The van der Waals surface area contributed by atoms with E-state index in [9.17, 15) is 14.0 Å². The van der Waals surface area contributed by atoms with E-state index in [1.807, 2.05) is 0 Å². The van der Waals surface area contributed by atoms with Crippen LogP contribution in [0.2, 0.25) is 0 Å². The van der Waals surface area contributed by atoms with Gasteiger partial charge in [0, 0.05) is 13.7 Å². The van der Waals surface area contributed by atoms with E-state index < -0.39 is 24.2 Å². The molecule has 0 aliphatic rings. The molecule has 1 aromatic carbocycles. The van der Waals surface area contributed by atoms with Gasteiger partial charge in [0.05, 0.1) is 16.6 Å². The van der Waals surface area contributed by atoms with Gasteiger partial charge in [0.2, 0.25) is 0 Å². The number of carboxylic acids is 1. The fraction of sp³-hybridized carbons (Fsp3) is 0.333. The highest BCUT2D eigenvalue weighted by molar-refractivity contribution is 9.10. The summed E-state index contributed by atoms with van der Waals surface area (Å²) in [6.45, 7) is -0.254. The van der Waals surface area contributed by atoms with Gasteiger partial charge >= 0.3 is 5.97 Å². The number of carboxylic acid groups (broad SMARTS) is 1. The van der Waals surface area contributed by atoms with Gasteiger partial charge in [-0.3, -0.25) is 9.59 Å². The summed E-state index contributed by atoms with van der Waals surface area (Å²) in [5.41, 5.74) is -0.174. The van der Waals surface area contributed by atoms with E-state index in [0.717, 1.165) is 4.90 Å². The summed E-state index contributed by atoms with van der Waals surface area (Å²) in [5.74, 6) is -2.56. The molecule has 0 fully saturated rings. The second-order valence-electron chi connectivity index (χ2n) is 3.71. The van der Waals surface area contributed by atoms with Gasteiger partial charge in [-0.1, -0.05) is 6.07 Å². The highest BCUT2D eigenvalue weighted by Gasteiger charge is 2.22. The molecular formula is C12H13BrFNO4. The Morgan fingerprint density at radius 1 is 1.47 bits per heavy atom. The number of hydrogen-bond donors (Lipinski definition) is 1. The monoisotopic (exact) mass is 333 g/mol.